The molecule has 1 aliphatic carbocycles. The molecule has 2 unspecified atom stereocenters. The van der Waals surface area contributed by atoms with Crippen LogP contribution in [0.5, 0.6) is 0 Å². The number of nitrogens with one attached hydrogen (secondary N) is 1. The predicted molar refractivity (Wildman–Crippen MR) is 147 cm³/mol. The molecule has 3 aromatic rings. The fourth-order valence-electron chi connectivity index (χ4n) is 5.68. The van der Waals surface area contributed by atoms with Crippen molar-refractivity contribution in [2.45, 2.75) is 44.8 Å². The molecule has 0 fully saturated rings. The highest BCUT2D eigenvalue weighted by Crippen LogP contribution is 2.48. The average molecular weight is 534 g/mol. The molecular formula is C31H30F3N3O2. The molecule has 0 radical (unpaired) electrons. The van der Waals surface area contributed by atoms with Gasteiger partial charge in [0.15, 0.2) is 5.78 Å². The number of anilines is 3. The van der Waals surface area contributed by atoms with Crippen molar-refractivity contribution in [1.82, 2.24) is 0 Å². The van der Waals surface area contributed by atoms with Gasteiger partial charge in [-0.2, -0.15) is 13.2 Å². The maximum atomic E-state index is 14.1. The number of ketones is 1. The van der Waals surface area contributed by atoms with E-state index in [-0.39, 0.29) is 29.4 Å². The first-order chi connectivity index (χ1) is 18.7. The van der Waals surface area contributed by atoms with Gasteiger partial charge in [-0.3, -0.25) is 14.5 Å². The summed E-state index contributed by atoms with van der Waals surface area (Å²) in [5.74, 6) is -2.42. The van der Waals surface area contributed by atoms with Crippen molar-refractivity contribution < 1.29 is 22.8 Å². The maximum Gasteiger partial charge on any atom is 0.471 e. The summed E-state index contributed by atoms with van der Waals surface area (Å²) in [7, 11) is 0. The summed E-state index contributed by atoms with van der Waals surface area (Å²) in [6.45, 7) is 5.58. The molecule has 8 heteroatoms. The second-order valence-corrected chi connectivity index (χ2v) is 9.81. The normalized spacial score (nSPS) is 19.1. The molecule has 2 aliphatic rings. The highest BCUT2D eigenvalue weighted by atomic mass is 19.4. The lowest BCUT2D eigenvalue weighted by molar-refractivity contribution is -0.170. The van der Waals surface area contributed by atoms with E-state index in [1.54, 1.807) is 30.3 Å². The number of para-hydroxylation sites is 2. The predicted octanol–water partition coefficient (Wildman–Crippen LogP) is 7.00. The topological polar surface area (TPSA) is 52.7 Å². The second kappa shape index (κ2) is 10.6. The van der Waals surface area contributed by atoms with Crippen molar-refractivity contribution >= 4 is 28.8 Å². The summed E-state index contributed by atoms with van der Waals surface area (Å²) in [5.41, 5.74) is 3.52. The number of Topliss-reactive ketones (excluding diaryl/α,β-unsaturated/α-hetero) is 1. The lowest BCUT2D eigenvalue weighted by Gasteiger charge is -2.35. The van der Waals surface area contributed by atoms with Gasteiger partial charge in [-0.1, -0.05) is 54.6 Å². The Bertz CT molecular complexity index is 1400. The summed E-state index contributed by atoms with van der Waals surface area (Å²) in [6, 6.07) is 21.9. The lowest BCUT2D eigenvalue weighted by atomic mass is 9.78. The molecule has 3 aromatic carbocycles. The number of carbonyl (C=O) groups excluding carboxylic acids is 2. The van der Waals surface area contributed by atoms with Crippen LogP contribution < -0.4 is 15.1 Å². The Morgan fingerprint density at radius 3 is 2.18 bits per heavy atom. The SMILES string of the molecule is CCN(CC)c1ccc(C2C3=C(CC(c4ccccc4)CC3=O)Nc3ccccc3N2C(=O)C(F)(F)F)cc1. The van der Waals surface area contributed by atoms with Crippen LogP contribution in [0.15, 0.2) is 90.1 Å². The van der Waals surface area contributed by atoms with Crippen molar-refractivity contribution in [3.63, 3.8) is 0 Å². The van der Waals surface area contributed by atoms with Gasteiger partial charge in [0.2, 0.25) is 0 Å². The Labute approximate surface area is 225 Å². The Kier molecular flexibility index (Phi) is 7.21. The van der Waals surface area contributed by atoms with E-state index in [2.05, 4.69) is 10.2 Å². The average Bonchev–Trinajstić information content (AvgIpc) is 3.08. The van der Waals surface area contributed by atoms with Gasteiger partial charge in [0.25, 0.3) is 0 Å². The largest absolute Gasteiger partial charge is 0.471 e. The molecule has 2 atom stereocenters. The zero-order chi connectivity index (χ0) is 27.7. The van der Waals surface area contributed by atoms with Gasteiger partial charge in [-0.25, -0.2) is 0 Å². The fourth-order valence-corrected chi connectivity index (χ4v) is 5.68. The highest BCUT2D eigenvalue weighted by molar-refractivity contribution is 6.07. The number of amides is 1. The molecule has 5 nitrogen and oxygen atoms in total. The Morgan fingerprint density at radius 2 is 1.54 bits per heavy atom. The molecule has 1 amide bonds. The van der Waals surface area contributed by atoms with Crippen LogP contribution in [0.2, 0.25) is 0 Å². The van der Waals surface area contributed by atoms with E-state index in [1.165, 1.54) is 6.07 Å². The second-order valence-electron chi connectivity index (χ2n) is 9.81. The molecule has 0 bridgehead atoms. The summed E-state index contributed by atoms with van der Waals surface area (Å²) in [4.78, 5) is 29.8. The molecule has 0 saturated heterocycles. The van der Waals surface area contributed by atoms with E-state index >= 15 is 0 Å². The van der Waals surface area contributed by atoms with Gasteiger partial charge >= 0.3 is 12.1 Å². The zero-order valence-corrected chi connectivity index (χ0v) is 21.8. The van der Waals surface area contributed by atoms with Crippen molar-refractivity contribution in [3.05, 3.63) is 101 Å². The molecular weight excluding hydrogens is 503 g/mol. The third kappa shape index (κ3) is 5.03. The van der Waals surface area contributed by atoms with Crippen molar-refractivity contribution in [3.8, 4) is 0 Å². The van der Waals surface area contributed by atoms with Crippen LogP contribution >= 0.6 is 0 Å². The third-order valence-electron chi connectivity index (χ3n) is 7.56. The van der Waals surface area contributed by atoms with Gasteiger partial charge in [-0.05, 0) is 61.6 Å². The van der Waals surface area contributed by atoms with Crippen molar-refractivity contribution in [2.75, 3.05) is 28.2 Å². The summed E-state index contributed by atoms with van der Waals surface area (Å²) in [6.07, 6.45) is -4.56. The van der Waals surface area contributed by atoms with Crippen LogP contribution in [-0.4, -0.2) is 31.0 Å². The smallest absolute Gasteiger partial charge is 0.372 e. The number of carbonyl (C=O) groups is 2. The molecule has 39 heavy (non-hydrogen) atoms. The highest BCUT2D eigenvalue weighted by Gasteiger charge is 2.50. The van der Waals surface area contributed by atoms with Crippen LogP contribution in [0.1, 0.15) is 49.8 Å². The standard InChI is InChI=1S/C31H30F3N3O2/c1-3-36(4-2)23-16-14-21(15-17-23)29-28-25(18-22(19-27(28)38)20-10-6-5-7-11-20)35-24-12-8-9-13-26(24)37(29)30(39)31(32,33)34/h5-17,22,29,35H,3-4,18-19H2,1-2H3. The number of benzene rings is 3. The molecule has 1 N–H and O–H groups in total. The minimum absolute atomic E-state index is 0.0797. The van der Waals surface area contributed by atoms with Crippen LogP contribution in [0.4, 0.5) is 30.2 Å². The van der Waals surface area contributed by atoms with E-state index < -0.39 is 18.1 Å². The number of alkyl halides is 3. The number of rotatable bonds is 5. The third-order valence-corrected chi connectivity index (χ3v) is 7.56. The summed E-state index contributed by atoms with van der Waals surface area (Å²) >= 11 is 0. The van der Waals surface area contributed by atoms with E-state index in [9.17, 15) is 22.8 Å². The minimum Gasteiger partial charge on any atom is -0.372 e. The van der Waals surface area contributed by atoms with E-state index in [4.69, 9.17) is 0 Å². The van der Waals surface area contributed by atoms with Crippen LogP contribution in [0.25, 0.3) is 0 Å². The van der Waals surface area contributed by atoms with Crippen LogP contribution in [-0.2, 0) is 9.59 Å². The van der Waals surface area contributed by atoms with Gasteiger partial charge in [0.1, 0.15) is 0 Å². The number of nitrogens with zero attached hydrogens (tertiary/aromatic N) is 2. The molecule has 1 aliphatic heterocycles. The van der Waals surface area contributed by atoms with Gasteiger partial charge in [0.05, 0.1) is 17.4 Å². The molecule has 1 heterocycles. The first kappa shape index (κ1) is 26.5. The van der Waals surface area contributed by atoms with Crippen molar-refractivity contribution in [2.24, 2.45) is 0 Å². The van der Waals surface area contributed by atoms with E-state index in [1.807, 2.05) is 56.3 Å². The van der Waals surface area contributed by atoms with Crippen LogP contribution in [0.3, 0.4) is 0 Å². The first-order valence-corrected chi connectivity index (χ1v) is 13.1. The maximum absolute atomic E-state index is 14.1. The van der Waals surface area contributed by atoms with Crippen LogP contribution in [0, 0.1) is 0 Å². The molecule has 0 aromatic heterocycles. The van der Waals surface area contributed by atoms with E-state index in [0.717, 1.165) is 29.2 Å². The Balaban J connectivity index is 1.71. The molecule has 202 valence electrons. The molecule has 0 spiro atoms. The lowest BCUT2D eigenvalue weighted by Crippen LogP contribution is -2.45. The number of hydrogen-bond donors (Lipinski definition) is 1. The number of allylic oxidation sites excluding steroid dienone is 1. The number of halogens is 3. The molecule has 0 saturated carbocycles. The van der Waals surface area contributed by atoms with Gasteiger partial charge < -0.3 is 10.2 Å². The summed E-state index contributed by atoms with van der Waals surface area (Å²) in [5, 5.41) is 3.26. The monoisotopic (exact) mass is 533 g/mol. The number of fused-ring (bicyclic) bond motifs is 1. The molecule has 5 rings (SSSR count). The summed E-state index contributed by atoms with van der Waals surface area (Å²) < 4.78 is 42.3. The zero-order valence-electron chi connectivity index (χ0n) is 21.8. The fraction of sp³-hybridized carbons (Fsp3) is 0.290. The van der Waals surface area contributed by atoms with Crippen molar-refractivity contribution in [1.29, 1.82) is 0 Å². The quantitative estimate of drug-likeness (QED) is 0.384. The number of hydrogen-bond acceptors (Lipinski definition) is 4. The first-order valence-electron chi connectivity index (χ1n) is 13.1. The Hall–Kier alpha value is -4.07. The minimum atomic E-state index is -5.14. The Morgan fingerprint density at radius 1 is 0.897 bits per heavy atom. The van der Waals surface area contributed by atoms with Gasteiger partial charge in [0, 0.05) is 36.5 Å². The van der Waals surface area contributed by atoms with E-state index in [0.29, 0.717) is 23.4 Å². The van der Waals surface area contributed by atoms with Gasteiger partial charge in [-0.15, -0.1) is 0 Å².